The number of nitrogens with one attached hydrogen (secondary N) is 1. The molecule has 0 saturated heterocycles. The minimum atomic E-state index is -4.03. The van der Waals surface area contributed by atoms with Gasteiger partial charge in [-0.3, -0.25) is 9.13 Å². The molecule has 0 spiro atoms. The Labute approximate surface area is 234 Å². The Morgan fingerprint density at radius 2 is 1.08 bits per heavy atom. The molecule has 3 N–H and O–H groups in total. The monoisotopic (exact) mass is 586 g/mol. The lowest BCUT2D eigenvalue weighted by molar-refractivity contribution is 0.110. The number of hydrogen-bond donors (Lipinski definition) is 2. The Kier molecular flexibility index (Phi) is 24.0. The van der Waals surface area contributed by atoms with Crippen molar-refractivity contribution in [3.63, 3.8) is 0 Å². The van der Waals surface area contributed by atoms with Gasteiger partial charge in [-0.2, -0.15) is 0 Å². The highest BCUT2D eigenvalue weighted by atomic mass is 31.2. The third-order valence-electron chi connectivity index (χ3n) is 6.98. The molecule has 0 heterocycles. The van der Waals surface area contributed by atoms with Gasteiger partial charge in [0.15, 0.2) is 0 Å². The topological polar surface area (TPSA) is 118 Å². The minimum absolute atomic E-state index is 0.0769. The molecule has 0 aromatic rings. The van der Waals surface area contributed by atoms with E-state index in [4.69, 9.17) is 28.6 Å². The summed E-state index contributed by atoms with van der Waals surface area (Å²) < 4.78 is 53.6. The molecule has 11 heteroatoms. The van der Waals surface area contributed by atoms with Gasteiger partial charge in [-0.25, -0.2) is 0 Å². The molecule has 0 fully saturated rings. The molecule has 9 nitrogen and oxygen atoms in total. The summed E-state index contributed by atoms with van der Waals surface area (Å²) in [6, 6.07) is 0. The van der Waals surface area contributed by atoms with E-state index in [-0.39, 0.29) is 13.0 Å². The molecule has 0 rings (SSSR count). The van der Waals surface area contributed by atoms with Crippen LogP contribution >= 0.6 is 15.2 Å². The fourth-order valence-electron chi connectivity index (χ4n) is 4.51. The van der Waals surface area contributed by atoms with Gasteiger partial charge in [0.25, 0.3) is 0 Å². The van der Waals surface area contributed by atoms with E-state index in [1.807, 2.05) is 0 Å². The van der Waals surface area contributed by atoms with Crippen LogP contribution in [0.25, 0.3) is 0 Å². The largest absolute Gasteiger partial charge is 0.381 e. The molecule has 2 atom stereocenters. The van der Waals surface area contributed by atoms with Crippen molar-refractivity contribution >= 4 is 15.2 Å². The minimum Gasteiger partial charge on any atom is -0.381 e. The first-order valence-corrected chi connectivity index (χ1v) is 17.9. The lowest BCUT2D eigenvalue weighted by Gasteiger charge is -2.38. The molecule has 0 aromatic heterocycles. The van der Waals surface area contributed by atoms with Crippen LogP contribution < -0.4 is 11.1 Å². The number of nitrogens with two attached hydrogens (primary N) is 1. The summed E-state index contributed by atoms with van der Waals surface area (Å²) in [5.41, 5.74) is 6.42. The molecular formula is C27H60N2O7P2. The number of ether oxygens (including phenoxy) is 1. The summed E-state index contributed by atoms with van der Waals surface area (Å²) >= 11 is 0. The second kappa shape index (κ2) is 23.8. The maximum atomic E-state index is 13.6. The third kappa shape index (κ3) is 14.7. The summed E-state index contributed by atoms with van der Waals surface area (Å²) in [7, 11) is -2.54. The van der Waals surface area contributed by atoms with Crippen molar-refractivity contribution in [2.45, 2.75) is 121 Å². The maximum absolute atomic E-state index is 13.6. The lowest BCUT2D eigenvalue weighted by Crippen LogP contribution is -2.42. The van der Waals surface area contributed by atoms with Gasteiger partial charge in [0.2, 0.25) is 5.02 Å². The molecule has 0 radical (unpaired) electrons. The molecule has 0 aromatic carbocycles. The van der Waals surface area contributed by atoms with Gasteiger partial charge in [0.05, 0.1) is 6.61 Å². The van der Waals surface area contributed by atoms with Crippen LogP contribution in [0.15, 0.2) is 0 Å². The highest BCUT2D eigenvalue weighted by Gasteiger charge is 2.61. The first-order chi connectivity index (χ1) is 18.3. The zero-order valence-electron chi connectivity index (χ0n) is 25.2. The van der Waals surface area contributed by atoms with Crippen molar-refractivity contribution in [3.8, 4) is 0 Å². The quantitative estimate of drug-likeness (QED) is 0.0667. The Balaban J connectivity index is 4.04. The zero-order chi connectivity index (χ0) is 28.6. The van der Waals surface area contributed by atoms with E-state index in [1.54, 1.807) is 7.05 Å². The van der Waals surface area contributed by atoms with Gasteiger partial charge in [-0.1, -0.05) is 90.4 Å². The SMILES string of the molecule is CCCCCCCCCCCCCCCCOCCCOP(=O)(OC)C(N)(CCCNC)P(=O)(OC)OC. The Bertz CT molecular complexity index is 635. The average molecular weight is 587 g/mol. The van der Waals surface area contributed by atoms with Gasteiger partial charge in [-0.05, 0) is 39.3 Å². The third-order valence-corrected chi connectivity index (χ3v) is 12.8. The van der Waals surface area contributed by atoms with Crippen molar-refractivity contribution in [2.24, 2.45) is 5.73 Å². The van der Waals surface area contributed by atoms with E-state index < -0.39 is 20.2 Å². The summed E-state index contributed by atoms with van der Waals surface area (Å²) in [5.74, 6) is 0. The summed E-state index contributed by atoms with van der Waals surface area (Å²) in [6.07, 6.45) is 19.7. The van der Waals surface area contributed by atoms with Gasteiger partial charge in [0, 0.05) is 34.5 Å². The second-order valence-electron chi connectivity index (χ2n) is 10.0. The van der Waals surface area contributed by atoms with Crippen LogP contribution in [0.3, 0.4) is 0 Å². The van der Waals surface area contributed by atoms with Gasteiger partial charge in [-0.15, -0.1) is 0 Å². The van der Waals surface area contributed by atoms with E-state index in [2.05, 4.69) is 12.2 Å². The first kappa shape index (κ1) is 38.2. The second-order valence-corrected chi connectivity index (χ2v) is 15.3. The van der Waals surface area contributed by atoms with E-state index in [0.29, 0.717) is 32.6 Å². The summed E-state index contributed by atoms with van der Waals surface area (Å²) in [5, 5.41) is 1.08. The van der Waals surface area contributed by atoms with E-state index in [9.17, 15) is 9.13 Å². The summed E-state index contributed by atoms with van der Waals surface area (Å²) in [6.45, 7) is 4.13. The van der Waals surface area contributed by atoms with E-state index in [1.165, 1.54) is 105 Å². The van der Waals surface area contributed by atoms with Crippen molar-refractivity contribution in [1.29, 1.82) is 0 Å². The maximum Gasteiger partial charge on any atom is 0.362 e. The summed E-state index contributed by atoms with van der Waals surface area (Å²) in [4.78, 5) is 0. The van der Waals surface area contributed by atoms with Crippen molar-refractivity contribution < 1.29 is 32.0 Å². The lowest BCUT2D eigenvalue weighted by atomic mass is 10.0. The van der Waals surface area contributed by atoms with Crippen LogP contribution in [0.4, 0.5) is 0 Å². The van der Waals surface area contributed by atoms with Crippen LogP contribution in [0.5, 0.6) is 0 Å². The van der Waals surface area contributed by atoms with Crippen molar-refractivity contribution in [2.75, 3.05) is 54.7 Å². The van der Waals surface area contributed by atoms with Gasteiger partial charge in [0.1, 0.15) is 0 Å². The first-order valence-electron chi connectivity index (χ1n) is 14.8. The molecule has 0 bridgehead atoms. The molecule has 0 saturated carbocycles. The molecule has 38 heavy (non-hydrogen) atoms. The predicted octanol–water partition coefficient (Wildman–Crippen LogP) is 7.83. The normalized spacial score (nSPS) is 15.4. The highest BCUT2D eigenvalue weighted by molar-refractivity contribution is 7.74. The molecule has 0 aliphatic rings. The Morgan fingerprint density at radius 1 is 0.632 bits per heavy atom. The van der Waals surface area contributed by atoms with Crippen molar-refractivity contribution in [1.82, 2.24) is 5.32 Å². The molecule has 0 aliphatic carbocycles. The van der Waals surface area contributed by atoms with Crippen LogP contribution in [0.2, 0.25) is 0 Å². The number of unbranched alkanes of at least 4 members (excludes halogenated alkanes) is 13. The number of rotatable bonds is 29. The Hall–Kier alpha value is 0.180. The van der Waals surface area contributed by atoms with Gasteiger partial charge < -0.3 is 33.9 Å². The number of hydrogen-bond acceptors (Lipinski definition) is 9. The average Bonchev–Trinajstić information content (AvgIpc) is 2.93. The fraction of sp³-hybridized carbons (Fsp3) is 1.00. The van der Waals surface area contributed by atoms with Crippen LogP contribution in [-0.2, 0) is 32.0 Å². The Morgan fingerprint density at radius 3 is 1.53 bits per heavy atom. The van der Waals surface area contributed by atoms with Crippen molar-refractivity contribution in [3.05, 3.63) is 0 Å². The standard InChI is InChI=1S/C27H60N2O7P2/c1-6-7-8-9-10-11-12-13-14-15-16-17-18-19-24-35-25-21-26-36-38(31,34-5)27(28,22-20-23-29-2)37(30,32-3)33-4/h29H,6-26,28H2,1-5H3. The zero-order valence-corrected chi connectivity index (χ0v) is 27.0. The van der Waals surface area contributed by atoms with Gasteiger partial charge >= 0.3 is 15.2 Å². The smallest absolute Gasteiger partial charge is 0.362 e. The highest BCUT2D eigenvalue weighted by Crippen LogP contribution is 2.76. The molecule has 2 unspecified atom stereocenters. The molecule has 0 aliphatic heterocycles. The molecule has 0 amide bonds. The van der Waals surface area contributed by atoms with E-state index >= 15 is 0 Å². The predicted molar refractivity (Wildman–Crippen MR) is 158 cm³/mol. The molecular weight excluding hydrogens is 526 g/mol. The van der Waals surface area contributed by atoms with Crippen LogP contribution in [-0.4, -0.2) is 59.8 Å². The fourth-order valence-corrected chi connectivity index (χ4v) is 9.28. The van der Waals surface area contributed by atoms with Crippen LogP contribution in [0.1, 0.15) is 116 Å². The van der Waals surface area contributed by atoms with Crippen LogP contribution in [0, 0.1) is 0 Å². The van der Waals surface area contributed by atoms with E-state index in [0.717, 1.165) is 6.42 Å². The molecule has 230 valence electrons.